The second kappa shape index (κ2) is 3.70. The van der Waals surface area contributed by atoms with Crippen LogP contribution in [0.2, 0.25) is 0 Å². The summed E-state index contributed by atoms with van der Waals surface area (Å²) in [6, 6.07) is 1.32. The molecule has 1 aliphatic carbocycles. The lowest BCUT2D eigenvalue weighted by molar-refractivity contribution is 0.536. The molecule has 2 rings (SSSR count). The smallest absolute Gasteiger partial charge is 0.141 e. The zero-order valence-electron chi connectivity index (χ0n) is 7.45. The van der Waals surface area contributed by atoms with Gasteiger partial charge in [-0.1, -0.05) is 12.2 Å². The summed E-state index contributed by atoms with van der Waals surface area (Å²) in [5.74, 6) is -1.03. The first-order chi connectivity index (χ1) is 6.77. The largest absolute Gasteiger partial charge is 0.261 e. The van der Waals surface area contributed by atoms with Crippen molar-refractivity contribution in [2.45, 2.75) is 12.3 Å². The number of nitrogens with zero attached hydrogens (tertiary/aromatic N) is 1. The number of hydrogen-bond donors (Lipinski definition) is 0. The number of halogens is 2. The molecule has 0 aromatic carbocycles. The van der Waals surface area contributed by atoms with Crippen molar-refractivity contribution in [2.75, 3.05) is 0 Å². The Hall–Kier alpha value is -1.51. The highest BCUT2D eigenvalue weighted by Gasteiger charge is 2.17. The van der Waals surface area contributed by atoms with Crippen LogP contribution in [0.4, 0.5) is 8.78 Å². The Morgan fingerprint density at radius 1 is 1.29 bits per heavy atom. The van der Waals surface area contributed by atoms with Crippen LogP contribution in [0.3, 0.4) is 0 Å². The van der Waals surface area contributed by atoms with Gasteiger partial charge >= 0.3 is 0 Å². The minimum absolute atomic E-state index is 0.236. The number of pyridine rings is 1. The Kier molecular flexibility index (Phi) is 2.39. The third kappa shape index (κ3) is 1.71. The first kappa shape index (κ1) is 9.06. The van der Waals surface area contributed by atoms with Crippen molar-refractivity contribution >= 4 is 0 Å². The van der Waals surface area contributed by atoms with E-state index in [1.165, 1.54) is 18.3 Å². The van der Waals surface area contributed by atoms with Crippen molar-refractivity contribution in [3.8, 4) is 0 Å². The van der Waals surface area contributed by atoms with E-state index in [-0.39, 0.29) is 11.7 Å². The SMILES string of the molecule is FC1=CC=CCC1c1cncc(F)c1. The van der Waals surface area contributed by atoms with E-state index in [9.17, 15) is 8.78 Å². The van der Waals surface area contributed by atoms with Gasteiger partial charge in [-0.25, -0.2) is 8.78 Å². The minimum Gasteiger partial charge on any atom is -0.261 e. The zero-order chi connectivity index (χ0) is 9.97. The van der Waals surface area contributed by atoms with Crippen LogP contribution in [0.1, 0.15) is 17.9 Å². The summed E-state index contributed by atoms with van der Waals surface area (Å²) in [5, 5.41) is 0. The molecule has 14 heavy (non-hydrogen) atoms. The van der Waals surface area contributed by atoms with Crippen LogP contribution >= 0.6 is 0 Å². The molecular formula is C11H9F2N. The van der Waals surface area contributed by atoms with E-state index in [2.05, 4.69) is 4.98 Å². The van der Waals surface area contributed by atoms with Crippen LogP contribution in [-0.4, -0.2) is 4.98 Å². The fourth-order valence-electron chi connectivity index (χ4n) is 1.52. The molecule has 1 aromatic rings. The molecular weight excluding hydrogens is 184 g/mol. The third-order valence-electron chi connectivity index (χ3n) is 2.22. The van der Waals surface area contributed by atoms with Crippen LogP contribution in [-0.2, 0) is 0 Å². The van der Waals surface area contributed by atoms with E-state index >= 15 is 0 Å². The quantitative estimate of drug-likeness (QED) is 0.667. The molecule has 0 saturated heterocycles. The average molecular weight is 193 g/mol. The molecule has 0 aliphatic heterocycles. The Balaban J connectivity index is 2.32. The standard InChI is InChI=1S/C11H9F2N/c12-9-5-8(6-14-7-9)10-3-1-2-4-11(10)13/h1-2,4-7,10H,3H2. The van der Waals surface area contributed by atoms with Gasteiger partial charge in [-0.3, -0.25) is 4.98 Å². The highest BCUT2D eigenvalue weighted by atomic mass is 19.1. The second-order valence-electron chi connectivity index (χ2n) is 3.20. The van der Waals surface area contributed by atoms with Gasteiger partial charge in [-0.15, -0.1) is 0 Å². The molecule has 0 fully saturated rings. The predicted octanol–water partition coefficient (Wildman–Crippen LogP) is 3.12. The number of aromatic nitrogens is 1. The van der Waals surface area contributed by atoms with Crippen LogP contribution in [0, 0.1) is 5.82 Å². The zero-order valence-corrected chi connectivity index (χ0v) is 7.45. The Labute approximate surface area is 80.8 Å². The molecule has 0 saturated carbocycles. The van der Waals surface area contributed by atoms with E-state index in [1.807, 2.05) is 6.08 Å². The summed E-state index contributed by atoms with van der Waals surface area (Å²) in [6.07, 6.45) is 8.11. The fraction of sp³-hybridized carbons (Fsp3) is 0.182. The summed E-state index contributed by atoms with van der Waals surface area (Å²) < 4.78 is 26.2. The highest BCUT2D eigenvalue weighted by molar-refractivity contribution is 5.30. The van der Waals surface area contributed by atoms with Gasteiger partial charge in [0.25, 0.3) is 0 Å². The summed E-state index contributed by atoms with van der Waals surface area (Å²) in [5.41, 5.74) is 0.586. The molecule has 1 heterocycles. The molecule has 1 atom stereocenters. The van der Waals surface area contributed by atoms with Crippen molar-refractivity contribution in [3.63, 3.8) is 0 Å². The molecule has 0 N–H and O–H groups in total. The average Bonchev–Trinajstić information content (AvgIpc) is 2.18. The molecule has 1 aromatic heterocycles. The van der Waals surface area contributed by atoms with Crippen molar-refractivity contribution in [1.29, 1.82) is 0 Å². The van der Waals surface area contributed by atoms with E-state index in [4.69, 9.17) is 0 Å². The van der Waals surface area contributed by atoms with Gasteiger partial charge in [-0.05, 0) is 24.1 Å². The van der Waals surface area contributed by atoms with Crippen molar-refractivity contribution < 1.29 is 8.78 Å². The Morgan fingerprint density at radius 3 is 2.86 bits per heavy atom. The summed E-state index contributed by atoms with van der Waals surface area (Å²) >= 11 is 0. The maximum atomic E-state index is 13.3. The van der Waals surface area contributed by atoms with Crippen molar-refractivity contribution in [3.05, 3.63) is 53.9 Å². The second-order valence-corrected chi connectivity index (χ2v) is 3.20. The maximum Gasteiger partial charge on any atom is 0.141 e. The Bertz CT molecular complexity index is 396. The molecule has 1 nitrogen and oxygen atoms in total. The van der Waals surface area contributed by atoms with Gasteiger partial charge in [0.2, 0.25) is 0 Å². The first-order valence-electron chi connectivity index (χ1n) is 4.40. The van der Waals surface area contributed by atoms with Crippen LogP contribution in [0.5, 0.6) is 0 Å². The molecule has 0 radical (unpaired) electrons. The fourth-order valence-corrected chi connectivity index (χ4v) is 1.52. The monoisotopic (exact) mass is 193 g/mol. The van der Waals surface area contributed by atoms with E-state index in [0.717, 1.165) is 6.20 Å². The molecule has 3 heteroatoms. The van der Waals surface area contributed by atoms with Gasteiger partial charge in [-0.2, -0.15) is 0 Å². The number of hydrogen-bond acceptors (Lipinski definition) is 1. The van der Waals surface area contributed by atoms with Crippen LogP contribution in [0.15, 0.2) is 42.5 Å². The lowest BCUT2D eigenvalue weighted by atomic mass is 9.93. The normalized spacial score (nSPS) is 20.7. The minimum atomic E-state index is -0.426. The van der Waals surface area contributed by atoms with Crippen molar-refractivity contribution in [2.24, 2.45) is 0 Å². The summed E-state index contributed by atoms with van der Waals surface area (Å²) in [7, 11) is 0. The Morgan fingerprint density at radius 2 is 2.14 bits per heavy atom. The predicted molar refractivity (Wildman–Crippen MR) is 49.9 cm³/mol. The van der Waals surface area contributed by atoms with Gasteiger partial charge in [0, 0.05) is 12.1 Å². The molecule has 1 aliphatic rings. The lowest BCUT2D eigenvalue weighted by Crippen LogP contribution is -2.02. The first-order valence-corrected chi connectivity index (χ1v) is 4.40. The topological polar surface area (TPSA) is 12.9 Å². The molecule has 0 amide bonds. The summed E-state index contributed by atoms with van der Waals surface area (Å²) in [4.78, 5) is 3.70. The van der Waals surface area contributed by atoms with Crippen LogP contribution < -0.4 is 0 Å². The van der Waals surface area contributed by atoms with E-state index < -0.39 is 5.82 Å². The summed E-state index contributed by atoms with van der Waals surface area (Å²) in [6.45, 7) is 0. The number of allylic oxidation sites excluding steroid dienone is 4. The third-order valence-corrected chi connectivity index (χ3v) is 2.22. The highest BCUT2D eigenvalue weighted by Crippen LogP contribution is 2.31. The molecule has 72 valence electrons. The van der Waals surface area contributed by atoms with Crippen LogP contribution in [0.25, 0.3) is 0 Å². The van der Waals surface area contributed by atoms with E-state index in [1.54, 1.807) is 6.08 Å². The number of rotatable bonds is 1. The molecule has 0 spiro atoms. The lowest BCUT2D eigenvalue weighted by Gasteiger charge is -2.15. The molecule has 0 bridgehead atoms. The van der Waals surface area contributed by atoms with E-state index in [0.29, 0.717) is 12.0 Å². The van der Waals surface area contributed by atoms with Gasteiger partial charge in [0.15, 0.2) is 0 Å². The molecule has 1 unspecified atom stereocenters. The maximum absolute atomic E-state index is 13.3. The van der Waals surface area contributed by atoms with Gasteiger partial charge < -0.3 is 0 Å². The van der Waals surface area contributed by atoms with Crippen molar-refractivity contribution in [1.82, 2.24) is 4.98 Å². The van der Waals surface area contributed by atoms with Gasteiger partial charge in [0.05, 0.1) is 6.20 Å². The van der Waals surface area contributed by atoms with Gasteiger partial charge in [0.1, 0.15) is 11.6 Å².